The molecule has 2 heteroatoms. The van der Waals surface area contributed by atoms with Gasteiger partial charge in [0.15, 0.2) is 5.78 Å². The second kappa shape index (κ2) is 7.14. The highest BCUT2D eigenvalue weighted by atomic mass is 79.9. The Morgan fingerprint density at radius 3 is 1.75 bits per heavy atom. The molecule has 0 aliphatic heterocycles. The lowest BCUT2D eigenvalue weighted by atomic mass is 9.72. The Morgan fingerprint density at radius 2 is 1.25 bits per heavy atom. The summed E-state index contributed by atoms with van der Waals surface area (Å²) in [7, 11) is 0. The molecular formula is C22H19BrO. The van der Waals surface area contributed by atoms with Crippen LogP contribution in [0, 0.1) is 0 Å². The van der Waals surface area contributed by atoms with Gasteiger partial charge in [0.05, 0.1) is 0 Å². The first kappa shape index (κ1) is 16.7. The summed E-state index contributed by atoms with van der Waals surface area (Å²) in [6, 6.07) is 28.1. The third-order valence-electron chi connectivity index (χ3n) is 4.51. The molecule has 1 nitrogen and oxygen atoms in total. The van der Waals surface area contributed by atoms with Crippen molar-refractivity contribution in [3.05, 3.63) is 106 Å². The summed E-state index contributed by atoms with van der Waals surface area (Å²) in [5, 5.41) is 0. The fourth-order valence-corrected chi connectivity index (χ4v) is 3.59. The van der Waals surface area contributed by atoms with Crippen LogP contribution in [0.1, 0.15) is 34.8 Å². The number of Topliss-reactive ketones (excluding diaryl/α,β-unsaturated/α-hetero) is 1. The number of carbonyl (C=O) groups is 1. The molecule has 3 rings (SSSR count). The molecule has 0 spiro atoms. The van der Waals surface area contributed by atoms with Crippen LogP contribution in [-0.2, 0) is 5.41 Å². The van der Waals surface area contributed by atoms with E-state index in [1.54, 1.807) is 0 Å². The van der Waals surface area contributed by atoms with E-state index in [2.05, 4.69) is 47.1 Å². The van der Waals surface area contributed by atoms with Crippen molar-refractivity contribution in [2.45, 2.75) is 18.8 Å². The zero-order valence-corrected chi connectivity index (χ0v) is 15.2. The van der Waals surface area contributed by atoms with Gasteiger partial charge in [-0.15, -0.1) is 0 Å². The van der Waals surface area contributed by atoms with E-state index in [-0.39, 0.29) is 11.2 Å². The predicted molar refractivity (Wildman–Crippen MR) is 102 cm³/mol. The standard InChI is InChI=1S/C22H19BrO/c1-22(17-10-4-2-5-11-17,18-12-6-3-7-13-18)16-21(24)19-14-8-9-15-20(19)23/h2-15H,16H2,1H3. The fraction of sp³-hybridized carbons (Fsp3) is 0.136. The number of ketones is 1. The minimum Gasteiger partial charge on any atom is -0.294 e. The molecule has 0 aromatic heterocycles. The van der Waals surface area contributed by atoms with Crippen LogP contribution in [-0.4, -0.2) is 5.78 Å². The molecule has 0 heterocycles. The number of rotatable bonds is 5. The third kappa shape index (κ3) is 3.34. The topological polar surface area (TPSA) is 17.1 Å². The summed E-state index contributed by atoms with van der Waals surface area (Å²) >= 11 is 3.50. The van der Waals surface area contributed by atoms with E-state index < -0.39 is 0 Å². The molecule has 0 aliphatic rings. The Labute approximate surface area is 151 Å². The van der Waals surface area contributed by atoms with Crippen molar-refractivity contribution in [2.24, 2.45) is 0 Å². The SMILES string of the molecule is CC(CC(=O)c1ccccc1Br)(c1ccccc1)c1ccccc1. The average molecular weight is 379 g/mol. The summed E-state index contributed by atoms with van der Waals surface area (Å²) in [5.41, 5.74) is 2.67. The van der Waals surface area contributed by atoms with E-state index in [4.69, 9.17) is 0 Å². The number of hydrogen-bond acceptors (Lipinski definition) is 1. The van der Waals surface area contributed by atoms with Gasteiger partial charge in [0, 0.05) is 21.9 Å². The maximum atomic E-state index is 13.0. The third-order valence-corrected chi connectivity index (χ3v) is 5.20. The lowest BCUT2D eigenvalue weighted by Gasteiger charge is -2.30. The number of hydrogen-bond donors (Lipinski definition) is 0. The Kier molecular flexibility index (Phi) is 4.96. The van der Waals surface area contributed by atoms with Crippen molar-refractivity contribution in [3.8, 4) is 0 Å². The Morgan fingerprint density at radius 1 is 0.792 bits per heavy atom. The Bertz CT molecular complexity index is 785. The highest BCUT2D eigenvalue weighted by molar-refractivity contribution is 9.10. The molecule has 3 aromatic rings. The molecule has 0 unspecified atom stereocenters. The van der Waals surface area contributed by atoms with Gasteiger partial charge in [-0.05, 0) is 17.2 Å². The summed E-state index contributed by atoms with van der Waals surface area (Å²) in [5.74, 6) is 0.137. The minimum absolute atomic E-state index is 0.137. The summed E-state index contributed by atoms with van der Waals surface area (Å²) < 4.78 is 0.846. The molecule has 0 N–H and O–H groups in total. The zero-order valence-electron chi connectivity index (χ0n) is 13.6. The van der Waals surface area contributed by atoms with E-state index in [1.165, 1.54) is 0 Å². The first-order valence-electron chi connectivity index (χ1n) is 8.00. The van der Waals surface area contributed by atoms with Gasteiger partial charge in [-0.1, -0.05) is 102 Å². The predicted octanol–water partition coefficient (Wildman–Crippen LogP) is 6.03. The smallest absolute Gasteiger partial charge is 0.165 e. The summed E-state index contributed by atoms with van der Waals surface area (Å²) in [6.45, 7) is 2.15. The van der Waals surface area contributed by atoms with Crippen LogP contribution in [0.4, 0.5) is 0 Å². The number of benzene rings is 3. The van der Waals surface area contributed by atoms with Crippen molar-refractivity contribution < 1.29 is 4.79 Å². The lowest BCUT2D eigenvalue weighted by Crippen LogP contribution is -2.27. The van der Waals surface area contributed by atoms with Crippen LogP contribution < -0.4 is 0 Å². The molecule has 0 amide bonds. The molecule has 0 aliphatic carbocycles. The molecule has 0 radical (unpaired) electrons. The number of carbonyl (C=O) groups excluding carboxylic acids is 1. The molecular weight excluding hydrogens is 360 g/mol. The second-order valence-corrected chi connectivity index (χ2v) is 7.00. The van der Waals surface area contributed by atoms with Crippen LogP contribution in [0.15, 0.2) is 89.4 Å². The van der Waals surface area contributed by atoms with E-state index >= 15 is 0 Å². The Hall–Kier alpha value is -2.19. The maximum Gasteiger partial charge on any atom is 0.165 e. The average Bonchev–Trinajstić information content (AvgIpc) is 2.63. The minimum atomic E-state index is -0.366. The monoisotopic (exact) mass is 378 g/mol. The first-order chi connectivity index (χ1) is 11.6. The molecule has 3 aromatic carbocycles. The normalized spacial score (nSPS) is 11.2. The largest absolute Gasteiger partial charge is 0.294 e. The van der Waals surface area contributed by atoms with Crippen LogP contribution in [0.3, 0.4) is 0 Å². The second-order valence-electron chi connectivity index (χ2n) is 6.14. The molecule has 24 heavy (non-hydrogen) atoms. The van der Waals surface area contributed by atoms with Gasteiger partial charge in [-0.3, -0.25) is 4.79 Å². The highest BCUT2D eigenvalue weighted by Gasteiger charge is 2.32. The zero-order chi connectivity index (χ0) is 17.0. The molecule has 0 saturated carbocycles. The first-order valence-corrected chi connectivity index (χ1v) is 8.79. The van der Waals surface area contributed by atoms with E-state index in [9.17, 15) is 4.79 Å². The van der Waals surface area contributed by atoms with Crippen molar-refractivity contribution in [3.63, 3.8) is 0 Å². The lowest BCUT2D eigenvalue weighted by molar-refractivity contribution is 0.0961. The van der Waals surface area contributed by atoms with Gasteiger partial charge in [0.2, 0.25) is 0 Å². The fourth-order valence-electron chi connectivity index (χ4n) is 3.09. The molecule has 120 valence electrons. The molecule has 0 atom stereocenters. The molecule has 0 fully saturated rings. The van der Waals surface area contributed by atoms with Gasteiger partial charge >= 0.3 is 0 Å². The van der Waals surface area contributed by atoms with Crippen LogP contribution >= 0.6 is 15.9 Å². The van der Waals surface area contributed by atoms with Crippen LogP contribution in [0.2, 0.25) is 0 Å². The maximum absolute atomic E-state index is 13.0. The van der Waals surface area contributed by atoms with Gasteiger partial charge < -0.3 is 0 Å². The highest BCUT2D eigenvalue weighted by Crippen LogP contribution is 2.37. The number of halogens is 1. The van der Waals surface area contributed by atoms with Crippen LogP contribution in [0.5, 0.6) is 0 Å². The van der Waals surface area contributed by atoms with Crippen molar-refractivity contribution >= 4 is 21.7 Å². The van der Waals surface area contributed by atoms with E-state index in [0.717, 1.165) is 21.2 Å². The van der Waals surface area contributed by atoms with Gasteiger partial charge in [0.25, 0.3) is 0 Å². The van der Waals surface area contributed by atoms with Gasteiger partial charge in [-0.2, -0.15) is 0 Å². The van der Waals surface area contributed by atoms with Crippen LogP contribution in [0.25, 0.3) is 0 Å². The summed E-state index contributed by atoms with van der Waals surface area (Å²) in [4.78, 5) is 13.0. The van der Waals surface area contributed by atoms with Gasteiger partial charge in [0.1, 0.15) is 0 Å². The Balaban J connectivity index is 2.04. The summed E-state index contributed by atoms with van der Waals surface area (Å²) in [6.07, 6.45) is 0.420. The molecule has 0 bridgehead atoms. The van der Waals surface area contributed by atoms with Crippen molar-refractivity contribution in [1.82, 2.24) is 0 Å². The molecule has 0 saturated heterocycles. The van der Waals surface area contributed by atoms with Crippen molar-refractivity contribution in [1.29, 1.82) is 0 Å². The quantitative estimate of drug-likeness (QED) is 0.495. The van der Waals surface area contributed by atoms with Gasteiger partial charge in [-0.25, -0.2) is 0 Å². The van der Waals surface area contributed by atoms with Crippen molar-refractivity contribution in [2.75, 3.05) is 0 Å². The van der Waals surface area contributed by atoms with E-state index in [1.807, 2.05) is 60.7 Å². The van der Waals surface area contributed by atoms with E-state index in [0.29, 0.717) is 6.42 Å².